The molecule has 0 aliphatic heterocycles. The number of carbonyl (C=O) groups is 1. The van der Waals surface area contributed by atoms with Gasteiger partial charge in [0.2, 0.25) is 0 Å². The molecule has 2 rings (SSSR count). The Labute approximate surface area is 105 Å². The highest BCUT2D eigenvalue weighted by Gasteiger charge is 2.16. The minimum Gasteiger partial charge on any atom is -0.481 e. The highest BCUT2D eigenvalue weighted by Crippen LogP contribution is 2.24. The maximum atomic E-state index is 10.4. The number of nitriles is 1. The molecule has 1 aromatic rings. The highest BCUT2D eigenvalue weighted by molar-refractivity contribution is 5.66. The van der Waals surface area contributed by atoms with E-state index in [2.05, 4.69) is 16.4 Å². The molecular formula is C13H15N3O2. The van der Waals surface area contributed by atoms with E-state index >= 15 is 0 Å². The standard InChI is InChI=1S/C13H15N3O2/c14-8-10-7-9-3-1-4-11(9)16-13(10)15-6-2-5-12(17)18/h7H,1-6H2,(H,15,16)(H,17,18). The van der Waals surface area contributed by atoms with E-state index in [4.69, 9.17) is 10.4 Å². The number of pyridine rings is 1. The van der Waals surface area contributed by atoms with Crippen molar-refractivity contribution in [3.63, 3.8) is 0 Å². The molecule has 0 spiro atoms. The Balaban J connectivity index is 2.03. The molecule has 1 aromatic heterocycles. The molecule has 1 heterocycles. The van der Waals surface area contributed by atoms with E-state index in [0.29, 0.717) is 24.3 Å². The van der Waals surface area contributed by atoms with E-state index in [1.54, 1.807) is 0 Å². The van der Waals surface area contributed by atoms with Gasteiger partial charge in [0, 0.05) is 18.7 Å². The zero-order valence-electron chi connectivity index (χ0n) is 10.1. The number of nitrogens with zero attached hydrogens (tertiary/aromatic N) is 2. The number of nitrogens with one attached hydrogen (secondary N) is 1. The maximum Gasteiger partial charge on any atom is 0.303 e. The van der Waals surface area contributed by atoms with Crippen LogP contribution in [0.2, 0.25) is 0 Å². The summed E-state index contributed by atoms with van der Waals surface area (Å²) in [5.74, 6) is -0.220. The third kappa shape index (κ3) is 2.77. The molecule has 0 unspecified atom stereocenters. The second-order valence-electron chi connectivity index (χ2n) is 4.38. The number of aromatic nitrogens is 1. The van der Waals surface area contributed by atoms with Gasteiger partial charge in [-0.1, -0.05) is 0 Å². The van der Waals surface area contributed by atoms with Gasteiger partial charge >= 0.3 is 5.97 Å². The van der Waals surface area contributed by atoms with Crippen molar-refractivity contribution in [3.05, 3.63) is 22.9 Å². The van der Waals surface area contributed by atoms with Gasteiger partial charge in [-0.15, -0.1) is 0 Å². The Morgan fingerprint density at radius 3 is 3.11 bits per heavy atom. The Bertz CT molecular complexity index is 506. The lowest BCUT2D eigenvalue weighted by Gasteiger charge is -2.09. The van der Waals surface area contributed by atoms with Crippen molar-refractivity contribution >= 4 is 11.8 Å². The first kappa shape index (κ1) is 12.4. The predicted octanol–water partition coefficient (Wildman–Crippen LogP) is 1.72. The molecule has 0 aromatic carbocycles. The molecule has 5 nitrogen and oxygen atoms in total. The largest absolute Gasteiger partial charge is 0.481 e. The molecule has 1 aliphatic rings. The predicted molar refractivity (Wildman–Crippen MR) is 66.3 cm³/mol. The smallest absolute Gasteiger partial charge is 0.303 e. The number of hydrogen-bond donors (Lipinski definition) is 2. The van der Waals surface area contributed by atoms with Crippen molar-refractivity contribution in [2.24, 2.45) is 0 Å². The normalized spacial score (nSPS) is 12.8. The van der Waals surface area contributed by atoms with Crippen LogP contribution in [-0.2, 0) is 17.6 Å². The van der Waals surface area contributed by atoms with Gasteiger partial charge in [0.15, 0.2) is 0 Å². The lowest BCUT2D eigenvalue weighted by atomic mass is 10.1. The molecule has 0 amide bonds. The SMILES string of the molecule is N#Cc1cc2c(nc1NCCCC(=O)O)CCC2. The summed E-state index contributed by atoms with van der Waals surface area (Å²) in [6.07, 6.45) is 3.70. The van der Waals surface area contributed by atoms with Gasteiger partial charge in [0.1, 0.15) is 11.9 Å². The zero-order chi connectivity index (χ0) is 13.0. The fourth-order valence-corrected chi connectivity index (χ4v) is 2.14. The van der Waals surface area contributed by atoms with Crippen molar-refractivity contribution in [2.75, 3.05) is 11.9 Å². The Kier molecular flexibility index (Phi) is 3.78. The molecule has 2 N–H and O–H groups in total. The van der Waals surface area contributed by atoms with Crippen LogP contribution in [0.15, 0.2) is 6.07 Å². The first-order valence-corrected chi connectivity index (χ1v) is 6.09. The van der Waals surface area contributed by atoms with Crippen LogP contribution >= 0.6 is 0 Å². The fourth-order valence-electron chi connectivity index (χ4n) is 2.14. The second kappa shape index (κ2) is 5.50. The summed E-state index contributed by atoms with van der Waals surface area (Å²) in [4.78, 5) is 14.9. The van der Waals surface area contributed by atoms with E-state index in [-0.39, 0.29) is 6.42 Å². The summed E-state index contributed by atoms with van der Waals surface area (Å²) >= 11 is 0. The van der Waals surface area contributed by atoms with Crippen LogP contribution in [0.4, 0.5) is 5.82 Å². The topological polar surface area (TPSA) is 86.0 Å². The molecule has 0 bridgehead atoms. The molecule has 1 aliphatic carbocycles. The lowest BCUT2D eigenvalue weighted by molar-refractivity contribution is -0.137. The van der Waals surface area contributed by atoms with E-state index in [1.807, 2.05) is 6.07 Å². The monoisotopic (exact) mass is 245 g/mol. The summed E-state index contributed by atoms with van der Waals surface area (Å²) in [5, 5.41) is 20.7. The summed E-state index contributed by atoms with van der Waals surface area (Å²) in [6, 6.07) is 4.03. The molecule has 0 saturated carbocycles. The van der Waals surface area contributed by atoms with E-state index in [0.717, 1.165) is 25.0 Å². The first-order valence-electron chi connectivity index (χ1n) is 6.09. The van der Waals surface area contributed by atoms with Crippen molar-refractivity contribution in [2.45, 2.75) is 32.1 Å². The third-order valence-electron chi connectivity index (χ3n) is 3.03. The highest BCUT2D eigenvalue weighted by atomic mass is 16.4. The van der Waals surface area contributed by atoms with Gasteiger partial charge in [-0.3, -0.25) is 4.79 Å². The maximum absolute atomic E-state index is 10.4. The van der Waals surface area contributed by atoms with Gasteiger partial charge in [0.05, 0.1) is 5.56 Å². The minimum absolute atomic E-state index is 0.125. The van der Waals surface area contributed by atoms with Gasteiger partial charge in [-0.05, 0) is 37.3 Å². The second-order valence-corrected chi connectivity index (χ2v) is 4.38. The summed E-state index contributed by atoms with van der Waals surface area (Å²) in [7, 11) is 0. The lowest BCUT2D eigenvalue weighted by Crippen LogP contribution is -2.08. The number of anilines is 1. The number of aryl methyl sites for hydroxylation is 2. The number of aliphatic carboxylic acids is 1. The Hall–Kier alpha value is -2.09. The van der Waals surface area contributed by atoms with Crippen molar-refractivity contribution in [1.82, 2.24) is 4.98 Å². The number of carboxylic acid groups (broad SMARTS) is 1. The average Bonchev–Trinajstić information content (AvgIpc) is 2.80. The summed E-state index contributed by atoms with van der Waals surface area (Å²) < 4.78 is 0. The van der Waals surface area contributed by atoms with Crippen molar-refractivity contribution < 1.29 is 9.90 Å². The number of rotatable bonds is 5. The van der Waals surface area contributed by atoms with Crippen LogP contribution in [-0.4, -0.2) is 22.6 Å². The Morgan fingerprint density at radius 1 is 1.56 bits per heavy atom. The van der Waals surface area contributed by atoms with E-state index < -0.39 is 5.97 Å². The van der Waals surface area contributed by atoms with Gasteiger partial charge in [-0.25, -0.2) is 4.98 Å². The minimum atomic E-state index is -0.806. The molecule has 0 fully saturated rings. The molecule has 5 heteroatoms. The molecule has 18 heavy (non-hydrogen) atoms. The van der Waals surface area contributed by atoms with E-state index in [9.17, 15) is 4.79 Å². The average molecular weight is 245 g/mol. The number of fused-ring (bicyclic) bond motifs is 1. The molecule has 0 saturated heterocycles. The quantitative estimate of drug-likeness (QED) is 0.771. The molecule has 94 valence electrons. The van der Waals surface area contributed by atoms with Crippen LogP contribution in [0.5, 0.6) is 0 Å². The van der Waals surface area contributed by atoms with Crippen LogP contribution in [0.1, 0.15) is 36.1 Å². The van der Waals surface area contributed by atoms with E-state index in [1.165, 1.54) is 5.56 Å². The molecular weight excluding hydrogens is 230 g/mol. The zero-order valence-corrected chi connectivity index (χ0v) is 10.1. The molecule has 0 radical (unpaired) electrons. The van der Waals surface area contributed by atoms with Crippen LogP contribution in [0, 0.1) is 11.3 Å². The van der Waals surface area contributed by atoms with Gasteiger partial charge in [0.25, 0.3) is 0 Å². The van der Waals surface area contributed by atoms with Crippen LogP contribution in [0.3, 0.4) is 0 Å². The van der Waals surface area contributed by atoms with Gasteiger partial charge in [-0.2, -0.15) is 5.26 Å². The fraction of sp³-hybridized carbons (Fsp3) is 0.462. The summed E-state index contributed by atoms with van der Waals surface area (Å²) in [5.41, 5.74) is 2.78. The van der Waals surface area contributed by atoms with Gasteiger partial charge < -0.3 is 10.4 Å². The van der Waals surface area contributed by atoms with Crippen LogP contribution in [0.25, 0.3) is 0 Å². The summed E-state index contributed by atoms with van der Waals surface area (Å²) in [6.45, 7) is 0.521. The Morgan fingerprint density at radius 2 is 2.39 bits per heavy atom. The number of carboxylic acids is 1. The number of hydrogen-bond acceptors (Lipinski definition) is 4. The van der Waals surface area contributed by atoms with Crippen molar-refractivity contribution in [1.29, 1.82) is 5.26 Å². The molecule has 0 atom stereocenters. The third-order valence-corrected chi connectivity index (χ3v) is 3.03. The first-order chi connectivity index (χ1) is 8.70. The van der Waals surface area contributed by atoms with Crippen molar-refractivity contribution in [3.8, 4) is 6.07 Å². The van der Waals surface area contributed by atoms with Crippen LogP contribution < -0.4 is 5.32 Å².